The fourth-order valence-corrected chi connectivity index (χ4v) is 3.12. The van der Waals surface area contributed by atoms with E-state index in [4.69, 9.17) is 5.73 Å². The van der Waals surface area contributed by atoms with Crippen molar-refractivity contribution in [3.63, 3.8) is 0 Å². The third kappa shape index (κ3) is 16.6. The van der Waals surface area contributed by atoms with Crippen molar-refractivity contribution in [2.75, 3.05) is 46.1 Å². The minimum absolute atomic E-state index is 0.0183. The Labute approximate surface area is 212 Å². The van der Waals surface area contributed by atoms with E-state index in [1.54, 1.807) is 12.4 Å². The molecule has 0 fully saturated rings. The lowest BCUT2D eigenvalue weighted by Gasteiger charge is -2.18. The molecule has 2 rings (SSSR count). The molecular weight excluding hydrogens is 438 g/mol. The summed E-state index contributed by atoms with van der Waals surface area (Å²) in [4.78, 5) is 27.2. The van der Waals surface area contributed by atoms with Crippen LogP contribution in [0.3, 0.4) is 0 Å². The van der Waals surface area contributed by atoms with Crippen LogP contribution in [-0.4, -0.2) is 63.4 Å². The van der Waals surface area contributed by atoms with Crippen molar-refractivity contribution in [3.05, 3.63) is 59.9 Å². The highest BCUT2D eigenvalue weighted by Gasteiger charge is 2.12. The molecule has 35 heavy (non-hydrogen) atoms. The van der Waals surface area contributed by atoms with Crippen LogP contribution < -0.4 is 16.4 Å². The number of aldehydes is 1. The first-order valence-corrected chi connectivity index (χ1v) is 12.3. The second-order valence-corrected chi connectivity index (χ2v) is 9.66. The normalized spacial score (nSPS) is 11.4. The Balaban J connectivity index is 0.000000516. The van der Waals surface area contributed by atoms with Gasteiger partial charge >= 0.3 is 0 Å². The van der Waals surface area contributed by atoms with Crippen LogP contribution in [0, 0.1) is 0 Å². The van der Waals surface area contributed by atoms with Crippen molar-refractivity contribution in [2.45, 2.75) is 57.8 Å². The minimum atomic E-state index is -0.0183. The number of unbranched alkanes of at least 4 members (excludes halogenated alkanes) is 1. The van der Waals surface area contributed by atoms with Crippen LogP contribution in [-0.2, 0) is 15.0 Å². The molecule has 196 valence electrons. The van der Waals surface area contributed by atoms with Crippen LogP contribution in [0.4, 0.5) is 5.69 Å². The van der Waals surface area contributed by atoms with Crippen molar-refractivity contribution >= 4 is 18.4 Å². The molecule has 0 radical (unpaired) electrons. The molecule has 4 N–H and O–H groups in total. The Morgan fingerprint density at radius 2 is 1.74 bits per heavy atom. The summed E-state index contributed by atoms with van der Waals surface area (Å²) in [7, 11) is 6.17. The number of anilines is 1. The summed E-state index contributed by atoms with van der Waals surface area (Å²) in [6.45, 7) is 9.48. The number of carbonyl (C=O) groups excluding carboxylic acids is 2. The van der Waals surface area contributed by atoms with E-state index >= 15 is 0 Å². The summed E-state index contributed by atoms with van der Waals surface area (Å²) in [5.74, 6) is -0.0183. The first-order chi connectivity index (χ1) is 16.7. The SMILES string of the molecule is CC(C)(C)c1ccc(NC=O)cc1.CNCCCN(C)C.NCCCCC(C=O)c1cccnc1. The number of nitrogens with one attached hydrogen (secondary N) is 2. The molecule has 0 saturated heterocycles. The van der Waals surface area contributed by atoms with Gasteiger partial charge in [-0.05, 0) is 94.8 Å². The van der Waals surface area contributed by atoms with Crippen molar-refractivity contribution in [1.29, 1.82) is 0 Å². The van der Waals surface area contributed by atoms with Crippen molar-refractivity contribution in [3.8, 4) is 0 Å². The molecule has 0 saturated carbocycles. The fraction of sp³-hybridized carbons (Fsp3) is 0.536. The summed E-state index contributed by atoms with van der Waals surface area (Å²) < 4.78 is 0. The van der Waals surface area contributed by atoms with Gasteiger partial charge in [-0.3, -0.25) is 9.78 Å². The number of hydrogen-bond donors (Lipinski definition) is 3. The molecule has 0 aliphatic rings. The van der Waals surface area contributed by atoms with Gasteiger partial charge in [-0.2, -0.15) is 0 Å². The van der Waals surface area contributed by atoms with Gasteiger partial charge in [0.15, 0.2) is 0 Å². The van der Waals surface area contributed by atoms with E-state index in [1.165, 1.54) is 18.5 Å². The second-order valence-electron chi connectivity index (χ2n) is 9.66. The summed E-state index contributed by atoms with van der Waals surface area (Å²) in [5.41, 5.74) is 8.66. The Kier molecular flexibility index (Phi) is 18.2. The number of nitrogens with two attached hydrogens (primary N) is 1. The number of aromatic nitrogens is 1. The van der Waals surface area contributed by atoms with Gasteiger partial charge in [0.05, 0.1) is 0 Å². The summed E-state index contributed by atoms with van der Waals surface area (Å²) in [6.07, 6.45) is 9.22. The average Bonchev–Trinajstić information content (AvgIpc) is 2.83. The van der Waals surface area contributed by atoms with Crippen molar-refractivity contribution < 1.29 is 9.59 Å². The molecule has 1 aromatic heterocycles. The van der Waals surface area contributed by atoms with Gasteiger partial charge in [-0.15, -0.1) is 0 Å². The predicted octanol–water partition coefficient (Wildman–Crippen LogP) is 4.20. The Morgan fingerprint density at radius 1 is 1.06 bits per heavy atom. The molecule has 1 aromatic carbocycles. The molecule has 7 nitrogen and oxygen atoms in total. The number of amides is 1. The molecular formula is C28H47N5O2. The van der Waals surface area contributed by atoms with Crippen LogP contribution in [0.15, 0.2) is 48.8 Å². The zero-order valence-corrected chi connectivity index (χ0v) is 22.6. The van der Waals surface area contributed by atoms with Crippen LogP contribution in [0.1, 0.15) is 63.5 Å². The molecule has 1 heterocycles. The quantitative estimate of drug-likeness (QED) is 0.308. The van der Waals surface area contributed by atoms with Gasteiger partial charge in [0, 0.05) is 24.0 Å². The van der Waals surface area contributed by atoms with E-state index in [1.807, 2.05) is 43.4 Å². The maximum atomic E-state index is 10.8. The fourth-order valence-electron chi connectivity index (χ4n) is 3.12. The third-order valence-corrected chi connectivity index (χ3v) is 5.25. The highest BCUT2D eigenvalue weighted by atomic mass is 16.1. The zero-order chi connectivity index (χ0) is 26.5. The Bertz CT molecular complexity index is 774. The van der Waals surface area contributed by atoms with Crippen LogP contribution in [0.5, 0.6) is 0 Å². The van der Waals surface area contributed by atoms with Crippen LogP contribution in [0.25, 0.3) is 0 Å². The van der Waals surface area contributed by atoms with E-state index in [0.717, 1.165) is 43.3 Å². The Hall–Kier alpha value is -2.61. The van der Waals surface area contributed by atoms with Gasteiger partial charge in [0.1, 0.15) is 6.29 Å². The van der Waals surface area contributed by atoms with Gasteiger partial charge in [-0.1, -0.05) is 45.4 Å². The molecule has 0 spiro atoms. The van der Waals surface area contributed by atoms with E-state index in [2.05, 4.69) is 55.4 Å². The summed E-state index contributed by atoms with van der Waals surface area (Å²) in [6, 6.07) is 11.7. The first kappa shape index (κ1) is 32.4. The summed E-state index contributed by atoms with van der Waals surface area (Å²) in [5, 5.41) is 5.70. The Morgan fingerprint density at radius 3 is 2.20 bits per heavy atom. The number of benzene rings is 1. The van der Waals surface area contributed by atoms with E-state index < -0.39 is 0 Å². The second kappa shape index (κ2) is 19.7. The number of hydrogen-bond acceptors (Lipinski definition) is 6. The topological polar surface area (TPSA) is 100 Å². The number of nitrogens with zero attached hydrogens (tertiary/aromatic N) is 2. The van der Waals surface area contributed by atoms with Crippen molar-refractivity contribution in [2.24, 2.45) is 5.73 Å². The lowest BCUT2D eigenvalue weighted by Crippen LogP contribution is -2.18. The van der Waals surface area contributed by atoms with Gasteiger partial charge in [0.25, 0.3) is 0 Å². The molecule has 1 atom stereocenters. The molecule has 7 heteroatoms. The minimum Gasteiger partial charge on any atom is -0.330 e. The van der Waals surface area contributed by atoms with Gasteiger partial charge < -0.3 is 26.1 Å². The molecule has 0 bridgehead atoms. The molecule has 2 aromatic rings. The van der Waals surface area contributed by atoms with Gasteiger partial charge in [-0.25, -0.2) is 0 Å². The number of pyridine rings is 1. The third-order valence-electron chi connectivity index (χ3n) is 5.25. The number of carbonyl (C=O) groups is 2. The highest BCUT2D eigenvalue weighted by Crippen LogP contribution is 2.23. The lowest BCUT2D eigenvalue weighted by molar-refractivity contribution is -0.109. The maximum absolute atomic E-state index is 10.8. The van der Waals surface area contributed by atoms with Crippen molar-refractivity contribution in [1.82, 2.24) is 15.2 Å². The standard InChI is InChI=1S/C11H16N2O.C11H15NO.C6H16N2/c12-6-2-1-4-11(9-14)10-5-3-7-13-8-10;1-11(2,3)9-4-6-10(7-5-9)12-8-13;1-7-5-4-6-8(2)3/h3,5,7-9,11H,1-2,4,6,12H2;4-8H,1-3H3,(H,12,13);7H,4-6H2,1-3H3. The zero-order valence-electron chi connectivity index (χ0n) is 22.6. The summed E-state index contributed by atoms with van der Waals surface area (Å²) >= 11 is 0. The largest absolute Gasteiger partial charge is 0.330 e. The van der Waals surface area contributed by atoms with E-state index in [9.17, 15) is 9.59 Å². The number of rotatable bonds is 12. The molecule has 0 aliphatic carbocycles. The highest BCUT2D eigenvalue weighted by molar-refractivity contribution is 5.71. The molecule has 0 aliphatic heterocycles. The van der Waals surface area contributed by atoms with Gasteiger partial charge in [0.2, 0.25) is 6.41 Å². The smallest absolute Gasteiger partial charge is 0.211 e. The van der Waals surface area contributed by atoms with E-state index in [0.29, 0.717) is 13.0 Å². The molecule has 1 amide bonds. The average molecular weight is 486 g/mol. The van der Waals surface area contributed by atoms with Crippen LogP contribution in [0.2, 0.25) is 0 Å². The van der Waals surface area contributed by atoms with Crippen LogP contribution >= 0.6 is 0 Å². The predicted molar refractivity (Wildman–Crippen MR) is 148 cm³/mol. The maximum Gasteiger partial charge on any atom is 0.211 e. The lowest BCUT2D eigenvalue weighted by atomic mass is 9.87. The molecule has 1 unspecified atom stereocenters. The first-order valence-electron chi connectivity index (χ1n) is 12.3. The van der Waals surface area contributed by atoms with E-state index in [-0.39, 0.29) is 11.3 Å². The monoisotopic (exact) mass is 485 g/mol.